The normalized spacial score (nSPS) is 12.4. The molecule has 3 heterocycles. The lowest BCUT2D eigenvalue weighted by Crippen LogP contribution is -2.15. The first-order valence-corrected chi connectivity index (χ1v) is 16.0. The van der Waals surface area contributed by atoms with E-state index in [9.17, 15) is 4.79 Å². The van der Waals surface area contributed by atoms with Crippen molar-refractivity contribution >= 4 is 60.8 Å². The smallest absolute Gasteiger partial charge is 0.200 e. The molecule has 0 aliphatic carbocycles. The van der Waals surface area contributed by atoms with E-state index in [2.05, 4.69) is 82.3 Å². The molecule has 0 fully saturated rings. The lowest BCUT2D eigenvalue weighted by Gasteiger charge is -2.32. The molecule has 0 radical (unpaired) electrons. The van der Waals surface area contributed by atoms with E-state index in [4.69, 9.17) is 9.15 Å². The summed E-state index contributed by atoms with van der Waals surface area (Å²) in [6.07, 6.45) is 0. The van der Waals surface area contributed by atoms with Gasteiger partial charge in [0.2, 0.25) is 5.43 Å². The second kappa shape index (κ2) is 10.2. The van der Waals surface area contributed by atoms with Gasteiger partial charge >= 0.3 is 0 Å². The zero-order valence-electron chi connectivity index (χ0n) is 25.6. The number of benzene rings is 7. The summed E-state index contributed by atoms with van der Waals surface area (Å²) < 4.78 is 14.9. The van der Waals surface area contributed by atoms with Gasteiger partial charge in [-0.05, 0) is 90.0 Å². The molecule has 10 rings (SSSR count). The largest absolute Gasteiger partial charge is 0.456 e. The van der Waals surface area contributed by atoms with Crippen LogP contribution in [-0.4, -0.2) is 4.57 Å². The minimum Gasteiger partial charge on any atom is -0.456 e. The summed E-state index contributed by atoms with van der Waals surface area (Å²) in [4.78, 5) is 15.6. The standard InChI is InChI=1S/C43H26N2O3/c46-43-31-12-4-7-15-39(31)47-42-26-30(19-21-32(42)43)44-35-22-18-28(27-10-2-1-3-11-27)24-33(35)34-25-29(20-23-36(34)44)45-37-13-5-8-16-40(37)48-41-17-9-6-14-38(41)45/h1-26H. The Morgan fingerprint density at radius 1 is 0.438 bits per heavy atom. The van der Waals surface area contributed by atoms with Gasteiger partial charge < -0.3 is 18.6 Å². The topological polar surface area (TPSA) is 47.6 Å². The fraction of sp³-hybridized carbons (Fsp3) is 0. The van der Waals surface area contributed by atoms with Crippen LogP contribution in [0.15, 0.2) is 167 Å². The Bertz CT molecular complexity index is 2750. The van der Waals surface area contributed by atoms with Crippen molar-refractivity contribution in [3.05, 3.63) is 168 Å². The van der Waals surface area contributed by atoms with Crippen molar-refractivity contribution in [1.29, 1.82) is 0 Å². The van der Waals surface area contributed by atoms with E-state index in [1.165, 1.54) is 0 Å². The highest BCUT2D eigenvalue weighted by atomic mass is 16.5. The van der Waals surface area contributed by atoms with Gasteiger partial charge in [-0.3, -0.25) is 4.79 Å². The highest BCUT2D eigenvalue weighted by Gasteiger charge is 2.26. The molecule has 226 valence electrons. The maximum atomic E-state index is 13.4. The molecule has 0 spiro atoms. The van der Waals surface area contributed by atoms with Crippen LogP contribution >= 0.6 is 0 Å². The van der Waals surface area contributed by atoms with Gasteiger partial charge in [0, 0.05) is 28.2 Å². The number of rotatable bonds is 3. The molecule has 0 atom stereocenters. The SMILES string of the molecule is O=c1c2ccccc2oc2cc(-n3c4ccc(-c5ccccc5)cc4c4cc(N5c6ccccc6Oc6ccccc65)ccc43)ccc12. The Balaban J connectivity index is 1.24. The second-order valence-corrected chi connectivity index (χ2v) is 12.1. The van der Waals surface area contributed by atoms with E-state index >= 15 is 0 Å². The van der Waals surface area contributed by atoms with Crippen molar-refractivity contribution in [2.75, 3.05) is 4.90 Å². The van der Waals surface area contributed by atoms with Crippen LogP contribution in [-0.2, 0) is 0 Å². The number of aromatic nitrogens is 1. The van der Waals surface area contributed by atoms with Crippen LogP contribution in [0.25, 0.3) is 60.6 Å². The van der Waals surface area contributed by atoms with E-state index in [0.29, 0.717) is 21.9 Å². The van der Waals surface area contributed by atoms with Crippen LogP contribution in [0.4, 0.5) is 17.1 Å². The number of hydrogen-bond donors (Lipinski definition) is 0. The quantitative estimate of drug-likeness (QED) is 0.185. The van der Waals surface area contributed by atoms with E-state index in [-0.39, 0.29) is 5.43 Å². The van der Waals surface area contributed by atoms with Gasteiger partial charge in [0.25, 0.3) is 0 Å². The fourth-order valence-corrected chi connectivity index (χ4v) is 7.15. The molecule has 0 bridgehead atoms. The van der Waals surface area contributed by atoms with Crippen molar-refractivity contribution in [3.63, 3.8) is 0 Å². The third-order valence-electron chi connectivity index (χ3n) is 9.37. The zero-order valence-corrected chi connectivity index (χ0v) is 25.6. The lowest BCUT2D eigenvalue weighted by molar-refractivity contribution is 0.477. The van der Waals surface area contributed by atoms with Crippen LogP contribution in [0.2, 0.25) is 0 Å². The molecule has 7 aromatic carbocycles. The Labute approximate surface area is 275 Å². The number of para-hydroxylation sites is 5. The van der Waals surface area contributed by atoms with Crippen molar-refractivity contribution in [2.45, 2.75) is 0 Å². The fourth-order valence-electron chi connectivity index (χ4n) is 7.15. The summed E-state index contributed by atoms with van der Waals surface area (Å²) in [5, 5.41) is 3.39. The predicted octanol–water partition coefficient (Wildman–Crippen LogP) is 11.3. The maximum absolute atomic E-state index is 13.4. The summed E-state index contributed by atoms with van der Waals surface area (Å²) in [6.45, 7) is 0. The number of ether oxygens (including phenoxy) is 1. The molecule has 0 saturated heterocycles. The summed E-state index contributed by atoms with van der Waals surface area (Å²) >= 11 is 0. The van der Waals surface area contributed by atoms with Crippen molar-refractivity contribution in [2.24, 2.45) is 0 Å². The van der Waals surface area contributed by atoms with E-state index in [1.54, 1.807) is 0 Å². The van der Waals surface area contributed by atoms with E-state index in [0.717, 1.165) is 67.2 Å². The average molecular weight is 619 g/mol. The van der Waals surface area contributed by atoms with Crippen LogP contribution in [0.5, 0.6) is 11.5 Å². The zero-order chi connectivity index (χ0) is 31.8. The molecule has 5 heteroatoms. The van der Waals surface area contributed by atoms with Gasteiger partial charge in [-0.15, -0.1) is 0 Å². The molecule has 1 aliphatic rings. The van der Waals surface area contributed by atoms with Crippen LogP contribution in [0.1, 0.15) is 0 Å². The third kappa shape index (κ3) is 3.94. The second-order valence-electron chi connectivity index (χ2n) is 12.1. The molecule has 48 heavy (non-hydrogen) atoms. The van der Waals surface area contributed by atoms with Crippen molar-refractivity contribution < 1.29 is 9.15 Å². The molecular weight excluding hydrogens is 592 g/mol. The molecule has 2 aromatic heterocycles. The van der Waals surface area contributed by atoms with Crippen molar-refractivity contribution in [1.82, 2.24) is 4.57 Å². The minimum absolute atomic E-state index is 0.0242. The first kappa shape index (κ1) is 26.6. The summed E-state index contributed by atoms with van der Waals surface area (Å²) in [6, 6.07) is 53.3. The first-order valence-electron chi connectivity index (χ1n) is 16.0. The van der Waals surface area contributed by atoms with E-state index < -0.39 is 0 Å². The van der Waals surface area contributed by atoms with Gasteiger partial charge in [0.05, 0.1) is 33.2 Å². The number of nitrogens with zero attached hydrogens (tertiary/aromatic N) is 2. The highest BCUT2D eigenvalue weighted by molar-refractivity contribution is 6.12. The summed E-state index contributed by atoms with van der Waals surface area (Å²) in [5.41, 5.74) is 9.46. The minimum atomic E-state index is -0.0242. The molecular formula is C43H26N2O3. The number of anilines is 3. The molecule has 0 amide bonds. The Kier molecular flexibility index (Phi) is 5.66. The molecule has 0 N–H and O–H groups in total. The van der Waals surface area contributed by atoms with Gasteiger partial charge in [0.1, 0.15) is 11.2 Å². The van der Waals surface area contributed by atoms with Crippen molar-refractivity contribution in [3.8, 4) is 28.3 Å². The Hall–Kier alpha value is -6.59. The molecule has 0 saturated carbocycles. The molecule has 0 unspecified atom stereocenters. The van der Waals surface area contributed by atoms with Gasteiger partial charge in [-0.1, -0.05) is 72.8 Å². The van der Waals surface area contributed by atoms with Crippen LogP contribution in [0, 0.1) is 0 Å². The van der Waals surface area contributed by atoms with Crippen LogP contribution < -0.4 is 15.1 Å². The molecule has 5 nitrogen and oxygen atoms in total. The molecule has 9 aromatic rings. The Morgan fingerprint density at radius 3 is 1.85 bits per heavy atom. The monoisotopic (exact) mass is 618 g/mol. The van der Waals surface area contributed by atoms with Gasteiger partial charge in [-0.25, -0.2) is 0 Å². The maximum Gasteiger partial charge on any atom is 0.200 e. The van der Waals surface area contributed by atoms with Gasteiger partial charge in [0.15, 0.2) is 11.5 Å². The lowest BCUT2D eigenvalue weighted by atomic mass is 10.0. The number of fused-ring (bicyclic) bond motifs is 7. The highest BCUT2D eigenvalue weighted by Crippen LogP contribution is 2.51. The summed E-state index contributed by atoms with van der Waals surface area (Å²) in [7, 11) is 0. The Morgan fingerprint density at radius 2 is 1.06 bits per heavy atom. The number of hydrogen-bond acceptors (Lipinski definition) is 4. The predicted molar refractivity (Wildman–Crippen MR) is 195 cm³/mol. The summed E-state index contributed by atoms with van der Waals surface area (Å²) in [5.74, 6) is 1.63. The van der Waals surface area contributed by atoms with E-state index in [1.807, 2.05) is 84.9 Å². The van der Waals surface area contributed by atoms with Gasteiger partial charge in [-0.2, -0.15) is 0 Å². The molecule has 1 aliphatic heterocycles. The average Bonchev–Trinajstić information content (AvgIpc) is 3.47. The third-order valence-corrected chi connectivity index (χ3v) is 9.37. The first-order chi connectivity index (χ1) is 23.7. The van der Waals surface area contributed by atoms with Crippen LogP contribution in [0.3, 0.4) is 0 Å².